The fourth-order valence-corrected chi connectivity index (χ4v) is 2.37. The van der Waals surface area contributed by atoms with Gasteiger partial charge in [0, 0.05) is 12.2 Å². The maximum Gasteiger partial charge on any atom is 0.223 e. The molecule has 0 unspecified atom stereocenters. The Bertz CT molecular complexity index is 453. The fraction of sp³-hybridized carbons (Fsp3) is 0.583. The fourth-order valence-electron chi connectivity index (χ4n) is 2.25. The Kier molecular flexibility index (Phi) is 2.61. The topological polar surface area (TPSA) is 63.8 Å². The van der Waals surface area contributed by atoms with Crippen molar-refractivity contribution in [3.8, 4) is 0 Å². The minimum atomic E-state index is 0.246. The van der Waals surface area contributed by atoms with Gasteiger partial charge in [0.2, 0.25) is 5.95 Å². The Morgan fingerprint density at radius 3 is 2.41 bits per heavy atom. The average molecular weight is 250 g/mol. The number of hydrogen-bond acceptors (Lipinski definition) is 4. The number of thiocarbonyl (C=S) groups is 1. The number of rotatable bonds is 3. The Balaban J connectivity index is 2.16. The van der Waals surface area contributed by atoms with Crippen LogP contribution in [0.25, 0.3) is 0 Å². The predicted molar refractivity (Wildman–Crippen MR) is 72.9 cm³/mol. The molecule has 0 spiro atoms. The van der Waals surface area contributed by atoms with Gasteiger partial charge in [0.15, 0.2) is 0 Å². The molecule has 1 aliphatic carbocycles. The minimum Gasteiger partial charge on any atom is -0.388 e. The van der Waals surface area contributed by atoms with Crippen molar-refractivity contribution in [2.24, 2.45) is 16.6 Å². The molecule has 0 amide bonds. The normalized spacial score (nSPS) is 20.9. The highest BCUT2D eigenvalue weighted by Gasteiger charge is 2.65. The summed E-state index contributed by atoms with van der Waals surface area (Å²) in [5, 5.41) is 3.35. The van der Waals surface area contributed by atoms with Gasteiger partial charge in [0.1, 0.15) is 10.7 Å². The summed E-state index contributed by atoms with van der Waals surface area (Å²) in [6.07, 6.45) is 1.67. The molecule has 0 radical (unpaired) electrons. The van der Waals surface area contributed by atoms with Crippen molar-refractivity contribution in [1.29, 1.82) is 0 Å². The van der Waals surface area contributed by atoms with Crippen LogP contribution in [-0.2, 0) is 0 Å². The van der Waals surface area contributed by atoms with E-state index in [1.54, 1.807) is 12.3 Å². The zero-order chi connectivity index (χ0) is 12.8. The highest BCUT2D eigenvalue weighted by molar-refractivity contribution is 7.80. The van der Waals surface area contributed by atoms with Crippen molar-refractivity contribution in [1.82, 2.24) is 9.97 Å². The average Bonchev–Trinajstić information content (AvgIpc) is 2.61. The van der Waals surface area contributed by atoms with Crippen molar-refractivity contribution in [2.75, 3.05) is 5.32 Å². The molecule has 1 aromatic rings. The molecule has 4 nitrogen and oxygen atoms in total. The number of nitrogens with two attached hydrogens (primary N) is 1. The van der Waals surface area contributed by atoms with Gasteiger partial charge in [0.05, 0.1) is 0 Å². The Morgan fingerprint density at radius 2 is 1.94 bits per heavy atom. The highest BCUT2D eigenvalue weighted by Crippen LogP contribution is 2.63. The van der Waals surface area contributed by atoms with E-state index >= 15 is 0 Å². The molecule has 1 saturated carbocycles. The van der Waals surface area contributed by atoms with Gasteiger partial charge >= 0.3 is 0 Å². The molecule has 1 heterocycles. The summed E-state index contributed by atoms with van der Waals surface area (Å²) >= 11 is 4.90. The van der Waals surface area contributed by atoms with Gasteiger partial charge in [-0.25, -0.2) is 9.97 Å². The van der Waals surface area contributed by atoms with E-state index in [0.717, 1.165) is 0 Å². The molecule has 0 saturated heterocycles. The first-order chi connectivity index (χ1) is 7.76. The van der Waals surface area contributed by atoms with Crippen LogP contribution in [0, 0.1) is 10.8 Å². The first-order valence-corrected chi connectivity index (χ1v) is 6.07. The van der Waals surface area contributed by atoms with Crippen molar-refractivity contribution >= 4 is 23.2 Å². The molecule has 92 valence electrons. The van der Waals surface area contributed by atoms with Crippen LogP contribution in [0.15, 0.2) is 12.3 Å². The molecule has 3 N–H and O–H groups in total. The lowest BCUT2D eigenvalue weighted by molar-refractivity contribution is 0.457. The standard InChI is InChI=1S/C12H18N4S/c1-11(2)9(12(11,3)4)16-10-14-6-5-7(15-10)8(13)17/h5-6,9H,1-4H3,(H2,13,17)(H,14,15,16). The summed E-state index contributed by atoms with van der Waals surface area (Å²) in [7, 11) is 0. The largest absolute Gasteiger partial charge is 0.388 e. The summed E-state index contributed by atoms with van der Waals surface area (Å²) < 4.78 is 0. The number of nitrogens with zero attached hydrogens (tertiary/aromatic N) is 2. The molecule has 1 aliphatic rings. The number of aromatic nitrogens is 2. The minimum absolute atomic E-state index is 0.246. The van der Waals surface area contributed by atoms with Crippen LogP contribution in [0.3, 0.4) is 0 Å². The van der Waals surface area contributed by atoms with E-state index in [0.29, 0.717) is 22.7 Å². The van der Waals surface area contributed by atoms with Crippen LogP contribution in [0.1, 0.15) is 33.4 Å². The second-order valence-electron chi connectivity index (χ2n) is 5.65. The third-order valence-electron chi connectivity index (χ3n) is 4.20. The van der Waals surface area contributed by atoms with E-state index in [1.807, 2.05) is 0 Å². The van der Waals surface area contributed by atoms with Gasteiger partial charge in [-0.2, -0.15) is 0 Å². The van der Waals surface area contributed by atoms with Gasteiger partial charge in [0.25, 0.3) is 0 Å². The summed E-state index contributed by atoms with van der Waals surface area (Å²) in [4.78, 5) is 8.79. The van der Waals surface area contributed by atoms with Gasteiger partial charge in [-0.05, 0) is 16.9 Å². The third-order valence-corrected chi connectivity index (χ3v) is 4.41. The van der Waals surface area contributed by atoms with Crippen LogP contribution in [0.2, 0.25) is 0 Å². The lowest BCUT2D eigenvalue weighted by Gasteiger charge is -2.07. The third kappa shape index (κ3) is 1.88. The maximum atomic E-state index is 5.55. The molecule has 1 aromatic heterocycles. The Morgan fingerprint density at radius 1 is 1.35 bits per heavy atom. The quantitative estimate of drug-likeness (QED) is 0.803. The van der Waals surface area contributed by atoms with E-state index in [4.69, 9.17) is 18.0 Å². The van der Waals surface area contributed by atoms with Crippen molar-refractivity contribution in [3.63, 3.8) is 0 Å². The van der Waals surface area contributed by atoms with E-state index < -0.39 is 0 Å². The van der Waals surface area contributed by atoms with E-state index in [1.165, 1.54) is 0 Å². The predicted octanol–water partition coefficient (Wildman–Crippen LogP) is 1.96. The van der Waals surface area contributed by atoms with Crippen LogP contribution in [-0.4, -0.2) is 21.0 Å². The lowest BCUT2D eigenvalue weighted by Crippen LogP contribution is -2.16. The molecule has 0 atom stereocenters. The monoisotopic (exact) mass is 250 g/mol. The molecule has 0 aromatic carbocycles. The van der Waals surface area contributed by atoms with E-state index in [9.17, 15) is 0 Å². The molecule has 5 heteroatoms. The summed E-state index contributed by atoms with van der Waals surface area (Å²) in [6, 6.07) is 2.09. The Labute approximate surface area is 107 Å². The van der Waals surface area contributed by atoms with Crippen molar-refractivity contribution in [3.05, 3.63) is 18.0 Å². The zero-order valence-electron chi connectivity index (χ0n) is 10.6. The second kappa shape index (κ2) is 3.63. The molecular formula is C12H18N4S. The summed E-state index contributed by atoms with van der Waals surface area (Å²) in [5.74, 6) is 0.596. The number of nitrogens with one attached hydrogen (secondary N) is 1. The number of hydrogen-bond donors (Lipinski definition) is 2. The zero-order valence-corrected chi connectivity index (χ0v) is 11.4. The summed E-state index contributed by atoms with van der Waals surface area (Å²) in [5.41, 5.74) is 6.65. The maximum absolute atomic E-state index is 5.55. The smallest absolute Gasteiger partial charge is 0.223 e. The molecule has 2 rings (SSSR count). The SMILES string of the molecule is CC1(C)C(Nc2nccc(C(N)=S)n2)C1(C)C. The van der Waals surface area contributed by atoms with Crippen molar-refractivity contribution < 1.29 is 0 Å². The first-order valence-electron chi connectivity index (χ1n) is 5.66. The van der Waals surface area contributed by atoms with Gasteiger partial charge in [-0.3, -0.25) is 0 Å². The van der Waals surface area contributed by atoms with E-state index in [-0.39, 0.29) is 10.8 Å². The van der Waals surface area contributed by atoms with Gasteiger partial charge in [-0.15, -0.1) is 0 Å². The molecule has 0 aliphatic heterocycles. The Hall–Kier alpha value is -1.23. The second-order valence-corrected chi connectivity index (χ2v) is 6.09. The van der Waals surface area contributed by atoms with Crippen LogP contribution < -0.4 is 11.1 Å². The first kappa shape index (κ1) is 12.2. The molecule has 1 fully saturated rings. The lowest BCUT2D eigenvalue weighted by atomic mass is 10.0. The van der Waals surface area contributed by atoms with Crippen LogP contribution in [0.4, 0.5) is 5.95 Å². The van der Waals surface area contributed by atoms with E-state index in [2.05, 4.69) is 43.0 Å². The van der Waals surface area contributed by atoms with Crippen LogP contribution >= 0.6 is 12.2 Å². The van der Waals surface area contributed by atoms with Crippen molar-refractivity contribution in [2.45, 2.75) is 33.7 Å². The van der Waals surface area contributed by atoms with Gasteiger partial charge < -0.3 is 11.1 Å². The molecule has 0 bridgehead atoms. The molecular weight excluding hydrogens is 232 g/mol. The van der Waals surface area contributed by atoms with Crippen LogP contribution in [0.5, 0.6) is 0 Å². The highest BCUT2D eigenvalue weighted by atomic mass is 32.1. The summed E-state index contributed by atoms with van der Waals surface area (Å²) in [6.45, 7) is 8.95. The number of anilines is 1. The molecule has 17 heavy (non-hydrogen) atoms. The van der Waals surface area contributed by atoms with Gasteiger partial charge in [-0.1, -0.05) is 39.9 Å².